The second kappa shape index (κ2) is 13.2. The van der Waals surface area contributed by atoms with Crippen molar-refractivity contribution >= 4 is 52.5 Å². The van der Waals surface area contributed by atoms with Gasteiger partial charge in [-0.25, -0.2) is 0 Å². The second-order valence-corrected chi connectivity index (χ2v) is 25.9. The molecular weight excluding hydrogens is 761 g/mol. The SMILES string of the molecule is Cc1cc2c3c(c1)N(c1ccc(C(C)(C)C)cc1-c1cc4c(cc1C)C(C)(C)CCC4(C)C)c1c(oc4c1C(C)(C)CCC4(C)C)B3c1cc3c(cc1C=C2)C(C)(C)CCC3(C)C. The summed E-state index contributed by atoms with van der Waals surface area (Å²) in [6, 6.07) is 22.8. The van der Waals surface area contributed by atoms with Crippen molar-refractivity contribution in [1.29, 1.82) is 0 Å². The van der Waals surface area contributed by atoms with Crippen LogP contribution in [0.3, 0.4) is 0 Å². The molecule has 0 unspecified atom stereocenters. The van der Waals surface area contributed by atoms with Crippen LogP contribution in [0.5, 0.6) is 0 Å². The van der Waals surface area contributed by atoms with Gasteiger partial charge in [0.2, 0.25) is 0 Å². The first kappa shape index (κ1) is 42.7. The van der Waals surface area contributed by atoms with Crippen molar-refractivity contribution in [3.63, 3.8) is 0 Å². The van der Waals surface area contributed by atoms with Crippen LogP contribution in [0.2, 0.25) is 0 Å². The fourth-order valence-electron chi connectivity index (χ4n) is 12.7. The number of furan rings is 1. The molecule has 5 aromatic rings. The van der Waals surface area contributed by atoms with Gasteiger partial charge in [0, 0.05) is 22.2 Å². The third-order valence-corrected chi connectivity index (χ3v) is 17.3. The van der Waals surface area contributed by atoms with E-state index in [9.17, 15) is 0 Å². The molecular formula is C60H74BNO. The number of rotatable bonds is 2. The third kappa shape index (κ3) is 6.31. The minimum Gasteiger partial charge on any atom is -0.472 e. The van der Waals surface area contributed by atoms with E-state index >= 15 is 0 Å². The first-order valence-electron chi connectivity index (χ1n) is 24.4. The molecule has 2 aliphatic heterocycles. The smallest absolute Gasteiger partial charge is 0.293 e. The van der Waals surface area contributed by atoms with Crippen molar-refractivity contribution in [3.05, 3.63) is 116 Å². The van der Waals surface area contributed by atoms with Gasteiger partial charge in [0.1, 0.15) is 5.76 Å². The lowest BCUT2D eigenvalue weighted by Crippen LogP contribution is -2.58. The second-order valence-electron chi connectivity index (χ2n) is 25.9. The predicted octanol–water partition coefficient (Wildman–Crippen LogP) is 14.7. The van der Waals surface area contributed by atoms with Gasteiger partial charge in [-0.3, -0.25) is 0 Å². The Labute approximate surface area is 381 Å². The molecule has 3 heterocycles. The van der Waals surface area contributed by atoms with Gasteiger partial charge in [-0.2, -0.15) is 0 Å². The van der Waals surface area contributed by atoms with Crippen LogP contribution in [-0.2, 0) is 37.9 Å². The first-order valence-corrected chi connectivity index (χ1v) is 24.4. The number of fused-ring (bicyclic) bond motifs is 8. The summed E-state index contributed by atoms with van der Waals surface area (Å²) in [5, 5.41) is 0. The fourth-order valence-corrected chi connectivity index (χ4v) is 12.7. The molecule has 2 nitrogen and oxygen atoms in total. The Balaban J connectivity index is 1.33. The highest BCUT2D eigenvalue weighted by Crippen LogP contribution is 2.56. The molecule has 0 bridgehead atoms. The van der Waals surface area contributed by atoms with E-state index < -0.39 is 0 Å². The molecule has 0 radical (unpaired) electrons. The molecule has 0 atom stereocenters. The van der Waals surface area contributed by atoms with Gasteiger partial charge in [0.15, 0.2) is 0 Å². The fraction of sp³-hybridized carbons (Fsp3) is 0.500. The summed E-state index contributed by atoms with van der Waals surface area (Å²) < 4.78 is 7.76. The maximum Gasteiger partial charge on any atom is 0.293 e. The zero-order valence-corrected chi connectivity index (χ0v) is 42.0. The van der Waals surface area contributed by atoms with Gasteiger partial charge in [-0.1, -0.05) is 152 Å². The van der Waals surface area contributed by atoms with E-state index in [0.717, 1.165) is 18.5 Å². The number of nitrogens with zero attached hydrogens (tertiary/aromatic N) is 1. The zero-order chi connectivity index (χ0) is 45.4. The minimum absolute atomic E-state index is 0.0218. The number of aryl methyl sites for hydroxylation is 2. The Morgan fingerprint density at radius 1 is 0.540 bits per heavy atom. The van der Waals surface area contributed by atoms with Gasteiger partial charge < -0.3 is 9.32 Å². The van der Waals surface area contributed by atoms with Crippen LogP contribution in [0.25, 0.3) is 23.3 Å². The van der Waals surface area contributed by atoms with E-state index in [1.54, 1.807) is 0 Å². The lowest BCUT2D eigenvalue weighted by Gasteiger charge is -2.44. The van der Waals surface area contributed by atoms with E-state index in [0.29, 0.717) is 0 Å². The molecule has 0 N–H and O–H groups in total. The van der Waals surface area contributed by atoms with Crippen LogP contribution >= 0.6 is 0 Å². The highest BCUT2D eigenvalue weighted by molar-refractivity contribution is 6.98. The maximum atomic E-state index is 7.76. The monoisotopic (exact) mass is 836 g/mol. The van der Waals surface area contributed by atoms with Crippen LogP contribution in [-0.4, -0.2) is 6.71 Å². The van der Waals surface area contributed by atoms with Gasteiger partial charge in [0.25, 0.3) is 6.71 Å². The Kier molecular flexibility index (Phi) is 8.94. The molecule has 4 aromatic carbocycles. The molecule has 10 rings (SSSR count). The topological polar surface area (TPSA) is 16.4 Å². The molecule has 0 saturated heterocycles. The van der Waals surface area contributed by atoms with Gasteiger partial charge >= 0.3 is 0 Å². The third-order valence-electron chi connectivity index (χ3n) is 17.3. The van der Waals surface area contributed by atoms with E-state index in [4.69, 9.17) is 4.42 Å². The van der Waals surface area contributed by atoms with E-state index in [1.807, 2.05) is 0 Å². The normalized spacial score (nSPS) is 21.3. The van der Waals surface area contributed by atoms with Crippen LogP contribution < -0.4 is 21.5 Å². The van der Waals surface area contributed by atoms with E-state index in [1.165, 1.54) is 126 Å². The number of benzene rings is 4. The molecule has 328 valence electrons. The Bertz CT molecular complexity index is 2810. The largest absolute Gasteiger partial charge is 0.472 e. The Hall–Kier alpha value is -4.24. The molecule has 0 amide bonds. The van der Waals surface area contributed by atoms with Crippen LogP contribution in [0.4, 0.5) is 17.1 Å². The number of hydrogen-bond acceptors (Lipinski definition) is 2. The van der Waals surface area contributed by atoms with Crippen LogP contribution in [0, 0.1) is 13.8 Å². The van der Waals surface area contributed by atoms with Crippen LogP contribution in [0.15, 0.2) is 59.0 Å². The van der Waals surface area contributed by atoms with Crippen LogP contribution in [0.1, 0.15) is 204 Å². The summed E-state index contributed by atoms with van der Waals surface area (Å²) >= 11 is 0. The average Bonchev–Trinajstić information content (AvgIpc) is 3.53. The summed E-state index contributed by atoms with van der Waals surface area (Å²) in [7, 11) is 0. The predicted molar refractivity (Wildman–Crippen MR) is 273 cm³/mol. The summed E-state index contributed by atoms with van der Waals surface area (Å²) in [6.07, 6.45) is 11.9. The molecule has 0 saturated carbocycles. The lowest BCUT2D eigenvalue weighted by molar-refractivity contribution is 0.282. The zero-order valence-electron chi connectivity index (χ0n) is 42.0. The van der Waals surface area contributed by atoms with Gasteiger partial charge in [-0.15, -0.1) is 0 Å². The Morgan fingerprint density at radius 3 is 1.70 bits per heavy atom. The van der Waals surface area contributed by atoms with Crippen molar-refractivity contribution in [3.8, 4) is 11.1 Å². The van der Waals surface area contributed by atoms with E-state index in [-0.39, 0.29) is 44.6 Å². The quantitative estimate of drug-likeness (QED) is 0.161. The van der Waals surface area contributed by atoms with Crippen molar-refractivity contribution < 1.29 is 4.42 Å². The maximum absolute atomic E-state index is 7.76. The summed E-state index contributed by atoms with van der Waals surface area (Å²) in [4.78, 5) is 2.71. The summed E-state index contributed by atoms with van der Waals surface area (Å²) in [5.41, 5.74) is 24.7. The van der Waals surface area contributed by atoms with E-state index in [2.05, 4.69) is 189 Å². The van der Waals surface area contributed by atoms with Crippen molar-refractivity contribution in [2.24, 2.45) is 0 Å². The van der Waals surface area contributed by atoms with Crippen molar-refractivity contribution in [2.75, 3.05) is 4.90 Å². The molecule has 1 aromatic heterocycles. The molecule has 0 spiro atoms. The molecule has 3 aliphatic carbocycles. The number of anilines is 3. The van der Waals surface area contributed by atoms with Gasteiger partial charge in [-0.05, 0) is 170 Å². The first-order chi connectivity index (χ1) is 29.1. The minimum atomic E-state index is -0.0984. The highest BCUT2D eigenvalue weighted by atomic mass is 16.3. The summed E-state index contributed by atoms with van der Waals surface area (Å²) in [5.74, 6) is 1.18. The molecule has 63 heavy (non-hydrogen) atoms. The Morgan fingerprint density at radius 2 is 1.08 bits per heavy atom. The molecule has 0 fully saturated rings. The molecule has 5 aliphatic rings. The molecule has 3 heteroatoms. The van der Waals surface area contributed by atoms with Crippen molar-refractivity contribution in [2.45, 2.75) is 194 Å². The lowest BCUT2D eigenvalue weighted by atomic mass is 9.35. The highest BCUT2D eigenvalue weighted by Gasteiger charge is 2.52. The summed E-state index contributed by atoms with van der Waals surface area (Å²) in [6.45, 7) is 41.3. The van der Waals surface area contributed by atoms with Gasteiger partial charge in [0.05, 0.1) is 17.0 Å². The number of hydrogen-bond donors (Lipinski definition) is 0. The standard InChI is InChI=1S/C60H74BNO/c1-35-28-38-19-18-37-31-43-45(58(12,13)25-23-56(43,8)9)34-46(37)61-50(38)48(29-35)62(51-49-52(63-53(51)61)60(16,17)27-26-59(49,14)15)47-21-20-39(54(3,4)5)32-41(47)40-33-44-42(30-36(40)2)55(6,7)22-24-57(44,10)11/h18-21,28-34H,22-27H2,1-17H3. The van der Waals surface area contributed by atoms with Crippen molar-refractivity contribution in [1.82, 2.24) is 0 Å². The average molecular weight is 836 g/mol.